The van der Waals surface area contributed by atoms with E-state index in [1.54, 1.807) is 17.8 Å². The first-order valence-corrected chi connectivity index (χ1v) is 9.09. The number of alkyl halides is 1. The molecular weight excluding hydrogens is 361 g/mol. The Morgan fingerprint density at radius 3 is 3.04 bits per heavy atom. The highest BCUT2D eigenvalue weighted by molar-refractivity contribution is 6.01. The topological polar surface area (TPSA) is 100 Å². The van der Waals surface area contributed by atoms with Crippen molar-refractivity contribution < 1.29 is 9.18 Å². The average Bonchev–Trinajstić information content (AvgIpc) is 3.34. The van der Waals surface area contributed by atoms with E-state index in [2.05, 4.69) is 30.7 Å². The highest BCUT2D eigenvalue weighted by Crippen LogP contribution is 2.29. The van der Waals surface area contributed by atoms with Crippen molar-refractivity contribution in [2.75, 3.05) is 12.4 Å². The van der Waals surface area contributed by atoms with E-state index in [9.17, 15) is 9.18 Å². The second kappa shape index (κ2) is 6.29. The lowest BCUT2D eigenvalue weighted by molar-refractivity contribution is 0.0826. The molecule has 4 aromatic heterocycles. The minimum absolute atomic E-state index is 0.315. The molecule has 3 N–H and O–H groups in total. The van der Waals surface area contributed by atoms with E-state index in [0.29, 0.717) is 35.6 Å². The molecule has 1 saturated carbocycles. The first-order chi connectivity index (χ1) is 13.7. The second-order valence-corrected chi connectivity index (χ2v) is 6.85. The fourth-order valence-corrected chi connectivity index (χ4v) is 3.48. The number of aromatic amines is 1. The minimum Gasteiger partial charge on any atom is -0.373 e. The third-order valence-electron chi connectivity index (χ3n) is 5.21. The number of rotatable bonds is 4. The summed E-state index contributed by atoms with van der Waals surface area (Å²) in [5.74, 6) is 0.318. The lowest BCUT2D eigenvalue weighted by atomic mass is 9.90. The zero-order valence-electron chi connectivity index (χ0n) is 15.1. The number of hydrogen-bond acceptors (Lipinski definition) is 5. The van der Waals surface area contributed by atoms with Gasteiger partial charge in [0.2, 0.25) is 0 Å². The molecule has 2 atom stereocenters. The molecule has 4 aromatic rings. The van der Waals surface area contributed by atoms with Crippen LogP contribution in [0, 0.1) is 0 Å². The van der Waals surface area contributed by atoms with Gasteiger partial charge in [0.1, 0.15) is 23.2 Å². The summed E-state index contributed by atoms with van der Waals surface area (Å²) in [5.41, 5.74) is 3.04. The largest absolute Gasteiger partial charge is 0.373 e. The molecule has 0 saturated heterocycles. The van der Waals surface area contributed by atoms with E-state index in [0.717, 1.165) is 16.6 Å². The second-order valence-electron chi connectivity index (χ2n) is 6.85. The van der Waals surface area contributed by atoms with E-state index in [4.69, 9.17) is 0 Å². The fourth-order valence-electron chi connectivity index (χ4n) is 3.48. The highest BCUT2D eigenvalue weighted by Gasteiger charge is 2.33. The highest BCUT2D eigenvalue weighted by atomic mass is 19.1. The van der Waals surface area contributed by atoms with Crippen molar-refractivity contribution in [1.29, 1.82) is 0 Å². The number of anilines is 1. The van der Waals surface area contributed by atoms with Gasteiger partial charge in [-0.3, -0.25) is 4.79 Å². The normalized spacial score (nSPS) is 18.9. The molecule has 1 amide bonds. The average molecular weight is 379 g/mol. The molecule has 1 aliphatic carbocycles. The molecule has 9 heteroatoms. The number of nitrogens with zero attached hydrogens (tertiary/aromatic N) is 4. The van der Waals surface area contributed by atoms with Gasteiger partial charge in [-0.25, -0.2) is 14.4 Å². The van der Waals surface area contributed by atoms with Gasteiger partial charge in [-0.15, -0.1) is 0 Å². The summed E-state index contributed by atoms with van der Waals surface area (Å²) in [7, 11) is 1.78. The molecule has 8 nitrogen and oxygen atoms in total. The number of halogens is 1. The maximum absolute atomic E-state index is 13.5. The summed E-state index contributed by atoms with van der Waals surface area (Å²) in [6.45, 7) is 0. The Kier molecular flexibility index (Phi) is 3.75. The summed E-state index contributed by atoms with van der Waals surface area (Å²) in [4.78, 5) is 24.8. The maximum atomic E-state index is 13.5. The molecule has 28 heavy (non-hydrogen) atoms. The van der Waals surface area contributed by atoms with Crippen molar-refractivity contribution in [3.63, 3.8) is 0 Å². The number of hydrogen-bond donors (Lipinski definition) is 3. The molecule has 142 valence electrons. The molecule has 5 rings (SSSR count). The molecule has 0 radical (unpaired) electrons. The van der Waals surface area contributed by atoms with Crippen LogP contribution in [0.2, 0.25) is 0 Å². The Bertz CT molecular complexity index is 1200. The van der Waals surface area contributed by atoms with Gasteiger partial charge in [-0.1, -0.05) is 0 Å². The Balaban J connectivity index is 1.62. The first kappa shape index (κ1) is 16.7. The summed E-state index contributed by atoms with van der Waals surface area (Å²) < 4.78 is 15.1. The van der Waals surface area contributed by atoms with Gasteiger partial charge in [-0.2, -0.15) is 9.61 Å². The zero-order chi connectivity index (χ0) is 19.3. The summed E-state index contributed by atoms with van der Waals surface area (Å²) in [6, 6.07) is 5.25. The van der Waals surface area contributed by atoms with Gasteiger partial charge in [0, 0.05) is 36.5 Å². The Morgan fingerprint density at radius 1 is 1.39 bits per heavy atom. The SMILES string of the molecule is CNc1cc(-c2c[nH]c3ncccc23)nc2c(C(=O)NC3CCC3F)cnn12. The van der Waals surface area contributed by atoms with Gasteiger partial charge in [0.05, 0.1) is 17.9 Å². The van der Waals surface area contributed by atoms with Crippen LogP contribution in [0.3, 0.4) is 0 Å². The number of aromatic nitrogens is 5. The van der Waals surface area contributed by atoms with Crippen molar-refractivity contribution >= 4 is 28.4 Å². The molecule has 0 aliphatic heterocycles. The van der Waals surface area contributed by atoms with Crippen molar-refractivity contribution in [3.05, 3.63) is 42.4 Å². The number of carbonyl (C=O) groups excluding carboxylic acids is 1. The number of pyridine rings is 1. The van der Waals surface area contributed by atoms with Crippen LogP contribution in [0.25, 0.3) is 27.9 Å². The van der Waals surface area contributed by atoms with E-state index < -0.39 is 12.2 Å². The third kappa shape index (κ3) is 2.50. The lowest BCUT2D eigenvalue weighted by Gasteiger charge is -2.30. The van der Waals surface area contributed by atoms with Crippen LogP contribution in [0.1, 0.15) is 23.2 Å². The smallest absolute Gasteiger partial charge is 0.257 e. The van der Waals surface area contributed by atoms with Crippen LogP contribution in [-0.2, 0) is 0 Å². The number of nitrogens with one attached hydrogen (secondary N) is 3. The van der Waals surface area contributed by atoms with E-state index in [1.807, 2.05) is 24.4 Å². The van der Waals surface area contributed by atoms with Gasteiger partial charge in [0.25, 0.3) is 5.91 Å². The molecule has 0 aromatic carbocycles. The van der Waals surface area contributed by atoms with Crippen molar-refractivity contribution in [1.82, 2.24) is 29.9 Å². The monoisotopic (exact) mass is 379 g/mol. The van der Waals surface area contributed by atoms with Gasteiger partial charge < -0.3 is 15.6 Å². The van der Waals surface area contributed by atoms with Crippen LogP contribution < -0.4 is 10.6 Å². The van der Waals surface area contributed by atoms with Crippen LogP contribution in [0.15, 0.2) is 36.8 Å². The van der Waals surface area contributed by atoms with Gasteiger partial charge in [0.15, 0.2) is 5.65 Å². The molecule has 1 fully saturated rings. The van der Waals surface area contributed by atoms with Gasteiger partial charge >= 0.3 is 0 Å². The number of fused-ring (bicyclic) bond motifs is 2. The van der Waals surface area contributed by atoms with Crippen molar-refractivity contribution in [2.24, 2.45) is 0 Å². The minimum atomic E-state index is -0.985. The van der Waals surface area contributed by atoms with Crippen LogP contribution in [-0.4, -0.2) is 49.7 Å². The van der Waals surface area contributed by atoms with Crippen LogP contribution in [0.5, 0.6) is 0 Å². The molecule has 0 bridgehead atoms. The van der Waals surface area contributed by atoms with E-state index >= 15 is 0 Å². The van der Waals surface area contributed by atoms with E-state index in [1.165, 1.54) is 6.20 Å². The summed E-state index contributed by atoms with van der Waals surface area (Å²) in [5, 5.41) is 11.0. The lowest BCUT2D eigenvalue weighted by Crippen LogP contribution is -2.48. The van der Waals surface area contributed by atoms with Crippen molar-refractivity contribution in [2.45, 2.75) is 25.1 Å². The number of H-pyrrole nitrogens is 1. The standard InChI is InChI=1S/C19H18FN7O/c1-21-16-7-15(11-8-23-17-10(11)3-2-6-22-17)25-18-12(9-24-27(16)18)19(28)26-14-5-4-13(14)20/h2-3,6-9,13-14,21H,4-5H2,1H3,(H,22,23)(H,26,28). The summed E-state index contributed by atoms with van der Waals surface area (Å²) in [6.07, 6.45) is 5.17. The predicted molar refractivity (Wildman–Crippen MR) is 103 cm³/mol. The summed E-state index contributed by atoms with van der Waals surface area (Å²) >= 11 is 0. The molecule has 1 aliphatic rings. The van der Waals surface area contributed by atoms with Gasteiger partial charge in [-0.05, 0) is 25.0 Å². The quantitative estimate of drug-likeness (QED) is 0.506. The maximum Gasteiger partial charge on any atom is 0.257 e. The van der Waals surface area contributed by atoms with Crippen LogP contribution in [0.4, 0.5) is 10.2 Å². The predicted octanol–water partition coefficient (Wildman–Crippen LogP) is 2.54. The molecular formula is C19H18FN7O. The number of amides is 1. The van der Waals surface area contributed by atoms with E-state index in [-0.39, 0.29) is 5.91 Å². The van der Waals surface area contributed by atoms with Crippen molar-refractivity contribution in [3.8, 4) is 11.3 Å². The Labute approximate surface area is 159 Å². The number of carbonyl (C=O) groups is 1. The zero-order valence-corrected chi connectivity index (χ0v) is 15.1. The Hall–Kier alpha value is -3.49. The molecule has 0 spiro atoms. The Morgan fingerprint density at radius 2 is 2.29 bits per heavy atom. The first-order valence-electron chi connectivity index (χ1n) is 9.09. The molecule has 4 heterocycles. The third-order valence-corrected chi connectivity index (χ3v) is 5.21. The fraction of sp³-hybridized carbons (Fsp3) is 0.263. The molecule has 2 unspecified atom stereocenters. The van der Waals surface area contributed by atoms with Crippen LogP contribution >= 0.6 is 0 Å².